The first-order valence-electron chi connectivity index (χ1n) is 26.9. The highest BCUT2D eigenvalue weighted by Crippen LogP contribution is 2.25. The molecule has 0 spiro atoms. The van der Waals surface area contributed by atoms with E-state index in [2.05, 4.69) is 42.5 Å². The quantitative estimate of drug-likeness (QED) is 0.0327. The number of unbranched alkanes of at least 4 members (excludes halogenated alkanes) is 1. The second-order valence-corrected chi connectivity index (χ2v) is 23.1. The van der Waals surface area contributed by atoms with Gasteiger partial charge in [-0.25, -0.2) is 0 Å². The number of benzene rings is 4. The molecule has 4 aromatic carbocycles. The molecule has 85 heavy (non-hydrogen) atoms. The molecule has 1 heterocycles. The second-order valence-electron chi connectivity index (χ2n) is 20.1. The van der Waals surface area contributed by atoms with Crippen LogP contribution in [0.5, 0.6) is 11.5 Å². The summed E-state index contributed by atoms with van der Waals surface area (Å²) in [6, 6.07) is 10.4. The molecule has 5 rings (SSSR count). The van der Waals surface area contributed by atoms with Crippen LogP contribution in [-0.4, -0.2) is 158 Å². The van der Waals surface area contributed by atoms with Crippen molar-refractivity contribution in [3.8, 4) is 11.5 Å². The first-order valence-corrected chi connectivity index (χ1v) is 29.7. The molecule has 1 saturated heterocycles. The molecule has 0 radical (unpaired) electrons. The minimum atomic E-state index is -1.79. The lowest BCUT2D eigenvalue weighted by Crippen LogP contribution is -2.62. The van der Waals surface area contributed by atoms with Gasteiger partial charge in [0.25, 0.3) is 0 Å². The van der Waals surface area contributed by atoms with E-state index >= 15 is 0 Å². The Morgan fingerprint density at radius 2 is 1.14 bits per heavy atom. The van der Waals surface area contributed by atoms with Crippen molar-refractivity contribution in [1.29, 1.82) is 0 Å². The van der Waals surface area contributed by atoms with E-state index < -0.39 is 126 Å². The third-order valence-electron chi connectivity index (χ3n) is 13.2. The highest BCUT2D eigenvalue weighted by molar-refractivity contribution is 8.76. The number of hydrogen-bond acceptors (Lipinski definition) is 18. The summed E-state index contributed by atoms with van der Waals surface area (Å²) in [4.78, 5) is 138. The predicted octanol–water partition coefficient (Wildman–Crippen LogP) is -1.13. The van der Waals surface area contributed by atoms with Crippen LogP contribution in [0.3, 0.4) is 0 Å². The number of aliphatic hydroxyl groups is 1. The predicted molar refractivity (Wildman–Crippen MR) is 318 cm³/mol. The van der Waals surface area contributed by atoms with Gasteiger partial charge in [0.15, 0.2) is 0 Å². The molecule has 0 saturated carbocycles. The van der Waals surface area contributed by atoms with Gasteiger partial charge in [0.2, 0.25) is 53.2 Å². The fourth-order valence-corrected chi connectivity index (χ4v) is 10.9. The number of carboxylic acid groups (broad SMARTS) is 1. The first kappa shape index (κ1) is 67.8. The highest BCUT2D eigenvalue weighted by atomic mass is 35.5. The van der Waals surface area contributed by atoms with Gasteiger partial charge in [0.1, 0.15) is 53.8 Å². The molecule has 1 fully saturated rings. The molecule has 9 amide bonds. The minimum Gasteiger partial charge on any atom is -0.508 e. The number of nitrogens with two attached hydrogens (primary N) is 4. The van der Waals surface area contributed by atoms with E-state index in [-0.39, 0.29) is 73.8 Å². The monoisotopic (exact) mass is 1230 g/mol. The van der Waals surface area contributed by atoms with Crippen molar-refractivity contribution in [1.82, 2.24) is 37.2 Å². The van der Waals surface area contributed by atoms with Gasteiger partial charge < -0.3 is 85.9 Å². The number of carbonyl (C=O) groups is 10. The fourth-order valence-electron chi connectivity index (χ4n) is 8.47. The van der Waals surface area contributed by atoms with E-state index in [0.29, 0.717) is 33.7 Å². The van der Waals surface area contributed by atoms with Gasteiger partial charge in [0.05, 0.1) is 24.6 Å². The molecule has 458 valence electrons. The summed E-state index contributed by atoms with van der Waals surface area (Å²) in [5, 5.41) is 61.3. The fraction of sp³-hybridized carbons (Fsp3) is 0.393. The number of rotatable bonds is 22. The maximum Gasteiger partial charge on any atom is 0.305 e. The average molecular weight is 1240 g/mol. The lowest BCUT2D eigenvalue weighted by Gasteiger charge is -2.29. The van der Waals surface area contributed by atoms with E-state index in [1.54, 1.807) is 24.3 Å². The molecule has 0 aliphatic carbocycles. The zero-order valence-corrected chi connectivity index (χ0v) is 48.6. The topological polar surface area (TPSA) is 452 Å². The number of halogens is 1. The van der Waals surface area contributed by atoms with Gasteiger partial charge in [-0.15, -0.1) is 0 Å². The molecule has 0 bridgehead atoms. The van der Waals surface area contributed by atoms with Crippen molar-refractivity contribution in [2.45, 2.75) is 119 Å². The first-order chi connectivity index (χ1) is 40.4. The number of carboxylic acids is 1. The lowest BCUT2D eigenvalue weighted by atomic mass is 10.0. The summed E-state index contributed by atoms with van der Waals surface area (Å²) in [6.07, 6.45) is -2.49. The van der Waals surface area contributed by atoms with E-state index in [1.165, 1.54) is 79.7 Å². The molecule has 4 aromatic rings. The Hall–Kier alpha value is -7.99. The van der Waals surface area contributed by atoms with E-state index in [1.807, 2.05) is 0 Å². The van der Waals surface area contributed by atoms with Gasteiger partial charge in [-0.1, -0.05) is 81.7 Å². The molecular formula is C56H71ClN12O14S2. The molecule has 0 aromatic heterocycles. The third kappa shape index (κ3) is 22.5. The number of aliphatic carboxylic acids is 1. The smallest absolute Gasteiger partial charge is 0.305 e. The van der Waals surface area contributed by atoms with Crippen LogP contribution in [0.1, 0.15) is 54.9 Å². The molecule has 20 N–H and O–H groups in total. The Kier molecular flexibility index (Phi) is 26.7. The Morgan fingerprint density at radius 3 is 1.69 bits per heavy atom. The maximum absolute atomic E-state index is 14.9. The van der Waals surface area contributed by atoms with Crippen molar-refractivity contribution < 1.29 is 68.4 Å². The normalized spacial score (nSPS) is 20.7. The Labute approximate surface area is 502 Å². The zero-order chi connectivity index (χ0) is 62.3. The average Bonchev–Trinajstić information content (AvgIpc) is 3.67. The van der Waals surface area contributed by atoms with Crippen molar-refractivity contribution in [3.63, 3.8) is 0 Å². The number of amides is 9. The Bertz CT molecular complexity index is 2970. The summed E-state index contributed by atoms with van der Waals surface area (Å²) in [5.41, 5.74) is 25.8. The van der Waals surface area contributed by atoms with Crippen LogP contribution in [0.15, 0.2) is 97.1 Å². The summed E-state index contributed by atoms with van der Waals surface area (Å²) in [6.45, 7) is 1.37. The molecule has 29 heteroatoms. The van der Waals surface area contributed by atoms with Gasteiger partial charge in [-0.2, -0.15) is 0 Å². The van der Waals surface area contributed by atoms with Crippen molar-refractivity contribution in [2.24, 2.45) is 22.9 Å². The molecule has 10 atom stereocenters. The number of carbonyl (C=O) groups excluding carboxylic acids is 9. The number of aromatic hydroxyl groups is 2. The minimum absolute atomic E-state index is 0.00417. The Balaban J connectivity index is 1.58. The SMILES string of the molecule is CC(O)C1NC(=O)[C@H](CCCCN)NC(=O)[C@@H](Cc2ccc(NC(=O)[C@@H](N)CC(=O)O)cc2)NC(=O)[C@H](Cc2ccc(O)cc2)NC(=O)[C@H](NC(=O)[C@@H](N)Cc2ccc(Cl)cc2)CSSC[C@@H](C(=O)N[C@H](Cc2ccc(O)cc2)C(N)=O)NC1=O. The molecule has 2 unspecified atom stereocenters. The van der Waals surface area contributed by atoms with Crippen LogP contribution < -0.4 is 65.5 Å². The molecule has 1 aliphatic heterocycles. The molecule has 1 aliphatic rings. The van der Waals surface area contributed by atoms with Crippen LogP contribution in [0.2, 0.25) is 5.02 Å². The van der Waals surface area contributed by atoms with Crippen molar-refractivity contribution in [3.05, 3.63) is 124 Å². The summed E-state index contributed by atoms with van der Waals surface area (Å²) < 4.78 is 0. The Morgan fingerprint density at radius 1 is 0.635 bits per heavy atom. The number of aliphatic hydroxyl groups excluding tert-OH is 1. The van der Waals surface area contributed by atoms with Gasteiger partial charge in [-0.05, 0) is 110 Å². The van der Waals surface area contributed by atoms with Gasteiger partial charge in [-0.3, -0.25) is 47.9 Å². The lowest BCUT2D eigenvalue weighted by molar-refractivity contribution is -0.139. The highest BCUT2D eigenvalue weighted by Gasteiger charge is 2.37. The number of primary amides is 1. The number of anilines is 1. The van der Waals surface area contributed by atoms with E-state index in [9.17, 15) is 63.3 Å². The number of phenols is 2. The molecular weight excluding hydrogens is 1160 g/mol. The number of phenolic OH excluding ortho intramolecular Hbond substituents is 2. The summed E-state index contributed by atoms with van der Waals surface area (Å²) >= 11 is 6.08. The van der Waals surface area contributed by atoms with E-state index in [0.717, 1.165) is 21.6 Å². The third-order valence-corrected chi connectivity index (χ3v) is 15.9. The van der Waals surface area contributed by atoms with Crippen LogP contribution in [0.25, 0.3) is 0 Å². The van der Waals surface area contributed by atoms with Gasteiger partial charge in [0, 0.05) is 41.5 Å². The summed E-state index contributed by atoms with van der Waals surface area (Å²) in [5.74, 6) is -10.5. The van der Waals surface area contributed by atoms with Crippen LogP contribution in [0, 0.1) is 0 Å². The molecule has 26 nitrogen and oxygen atoms in total. The van der Waals surface area contributed by atoms with Crippen LogP contribution in [0.4, 0.5) is 5.69 Å². The largest absolute Gasteiger partial charge is 0.508 e. The second kappa shape index (κ2) is 33.5. The standard InChI is InChI=1S/C56H71ClN12O14S2/c1-29(70)47-56(83)68-45(54(81)64-41(48(61)75)23-32-9-17-36(71)18-10-32)28-85-84-27-44(67-50(77)38(59)22-30-5-13-34(57)14-6-30)55(82)66-43(25-33-11-19-37(72)20-12-33)53(80)65-42(52(79)63-40(51(78)69-47)4-2-3-21-58)24-31-7-15-35(16-8-31)62-49(76)39(60)26-46(73)74/h5-20,29,38-45,47,70-72H,2-4,21-28,58-60H2,1H3,(H2,61,75)(H,62,76)(H,63,79)(H,64,81)(H,65,80)(H,66,82)(H,67,77)(H,68,83)(H,69,78)(H,73,74)/t29?,38-,39-,40-,41+,42+,43-,44+,45-,47?/m0/s1. The maximum atomic E-state index is 14.9. The summed E-state index contributed by atoms with van der Waals surface area (Å²) in [7, 11) is 1.86. The zero-order valence-electron chi connectivity index (χ0n) is 46.2. The van der Waals surface area contributed by atoms with Crippen molar-refractivity contribution >= 4 is 98.0 Å². The number of hydrogen-bond donors (Lipinski definition) is 16. The van der Waals surface area contributed by atoms with Crippen LogP contribution in [-0.2, 0) is 73.6 Å². The number of nitrogens with one attached hydrogen (secondary N) is 8. The van der Waals surface area contributed by atoms with Gasteiger partial charge >= 0.3 is 5.97 Å². The van der Waals surface area contributed by atoms with Crippen molar-refractivity contribution in [2.75, 3.05) is 23.4 Å². The van der Waals surface area contributed by atoms with E-state index in [4.69, 9.17) is 39.6 Å². The van der Waals surface area contributed by atoms with Crippen LogP contribution >= 0.6 is 33.2 Å².